The zero-order valence-corrected chi connectivity index (χ0v) is 13.5. The molecule has 1 N–H and O–H groups in total. The smallest absolute Gasteiger partial charge is 0.344 e. The zero-order chi connectivity index (χ0) is 18.2. The monoisotopic (exact) mass is 348 g/mol. The van der Waals surface area contributed by atoms with Crippen molar-refractivity contribution < 1.29 is 18.0 Å². The second kappa shape index (κ2) is 6.19. The molecule has 0 radical (unpaired) electrons. The van der Waals surface area contributed by atoms with Gasteiger partial charge in [0.1, 0.15) is 5.69 Å². The van der Waals surface area contributed by atoms with Crippen molar-refractivity contribution in [1.82, 2.24) is 19.7 Å². The molecule has 0 fully saturated rings. The second-order valence-electron chi connectivity index (χ2n) is 5.62. The van der Waals surface area contributed by atoms with Crippen LogP contribution in [0.1, 0.15) is 40.3 Å². The van der Waals surface area contributed by atoms with Crippen molar-refractivity contribution in [2.45, 2.75) is 26.1 Å². The van der Waals surface area contributed by atoms with Gasteiger partial charge in [-0.25, -0.2) is 9.97 Å². The molecule has 2 aromatic heterocycles. The SMILES string of the molecule is Cc1nc2ncccn2c1C(=O)N[C@H](C)c1ccccc1C(F)(F)F. The molecule has 1 aromatic carbocycles. The summed E-state index contributed by atoms with van der Waals surface area (Å²) in [5, 5.41) is 2.62. The summed E-state index contributed by atoms with van der Waals surface area (Å²) < 4.78 is 41.0. The minimum Gasteiger partial charge on any atom is -0.344 e. The summed E-state index contributed by atoms with van der Waals surface area (Å²) in [6.45, 7) is 3.16. The van der Waals surface area contributed by atoms with Gasteiger partial charge >= 0.3 is 6.18 Å². The predicted molar refractivity (Wildman–Crippen MR) is 85.0 cm³/mol. The van der Waals surface area contributed by atoms with Crippen molar-refractivity contribution in [2.24, 2.45) is 0 Å². The molecule has 0 unspecified atom stereocenters. The quantitative estimate of drug-likeness (QED) is 0.787. The van der Waals surface area contributed by atoms with Crippen LogP contribution in [0, 0.1) is 6.92 Å². The molecule has 1 atom stereocenters. The number of nitrogens with one attached hydrogen (secondary N) is 1. The molecule has 3 aromatic rings. The number of nitrogens with zero attached hydrogens (tertiary/aromatic N) is 3. The summed E-state index contributed by atoms with van der Waals surface area (Å²) in [6.07, 6.45) is -1.31. The van der Waals surface area contributed by atoms with Crippen LogP contribution in [0.3, 0.4) is 0 Å². The molecule has 0 aliphatic rings. The predicted octanol–water partition coefficient (Wildman–Crippen LogP) is 3.55. The molecule has 8 heteroatoms. The van der Waals surface area contributed by atoms with E-state index in [9.17, 15) is 18.0 Å². The molecule has 0 aliphatic carbocycles. The van der Waals surface area contributed by atoms with Gasteiger partial charge in [-0.2, -0.15) is 13.2 Å². The van der Waals surface area contributed by atoms with E-state index in [0.717, 1.165) is 6.07 Å². The third-order valence-electron chi connectivity index (χ3n) is 3.87. The number of rotatable bonds is 3. The lowest BCUT2D eigenvalue weighted by Gasteiger charge is -2.19. The van der Waals surface area contributed by atoms with Crippen LogP contribution < -0.4 is 5.32 Å². The maximum atomic E-state index is 13.2. The fourth-order valence-corrected chi connectivity index (χ4v) is 2.75. The third-order valence-corrected chi connectivity index (χ3v) is 3.87. The van der Waals surface area contributed by atoms with Crippen LogP contribution in [-0.2, 0) is 6.18 Å². The second-order valence-corrected chi connectivity index (χ2v) is 5.62. The molecule has 3 rings (SSSR count). The first kappa shape index (κ1) is 16.9. The van der Waals surface area contributed by atoms with Crippen molar-refractivity contribution in [2.75, 3.05) is 0 Å². The van der Waals surface area contributed by atoms with E-state index in [1.54, 1.807) is 25.4 Å². The molecule has 0 saturated heterocycles. The van der Waals surface area contributed by atoms with Gasteiger partial charge in [-0.1, -0.05) is 18.2 Å². The van der Waals surface area contributed by atoms with Gasteiger partial charge in [0.2, 0.25) is 5.78 Å². The van der Waals surface area contributed by atoms with E-state index in [-0.39, 0.29) is 11.3 Å². The summed E-state index contributed by atoms with van der Waals surface area (Å²) in [5.41, 5.74) is -0.0563. The molecule has 0 bridgehead atoms. The summed E-state index contributed by atoms with van der Waals surface area (Å²) in [5.74, 6) is -0.157. The van der Waals surface area contributed by atoms with Crippen molar-refractivity contribution in [1.29, 1.82) is 0 Å². The average molecular weight is 348 g/mol. The third kappa shape index (κ3) is 3.19. The molecular formula is C17H15F3N4O. The highest BCUT2D eigenvalue weighted by Crippen LogP contribution is 2.34. The number of carbonyl (C=O) groups excluding carboxylic acids is 1. The lowest BCUT2D eigenvalue weighted by Crippen LogP contribution is -2.29. The van der Waals surface area contributed by atoms with Crippen molar-refractivity contribution >= 4 is 11.7 Å². The number of halogens is 3. The number of alkyl halides is 3. The first-order valence-corrected chi connectivity index (χ1v) is 7.55. The van der Waals surface area contributed by atoms with Crippen molar-refractivity contribution in [3.8, 4) is 0 Å². The number of benzene rings is 1. The van der Waals surface area contributed by atoms with E-state index in [0.29, 0.717) is 11.5 Å². The Morgan fingerprint density at radius 1 is 1.24 bits per heavy atom. The van der Waals surface area contributed by atoms with Crippen LogP contribution in [-0.4, -0.2) is 20.3 Å². The van der Waals surface area contributed by atoms with Crippen molar-refractivity contribution in [3.05, 3.63) is 65.2 Å². The molecule has 0 saturated carbocycles. The summed E-state index contributed by atoms with van der Waals surface area (Å²) in [7, 11) is 0. The number of fused-ring (bicyclic) bond motifs is 1. The van der Waals surface area contributed by atoms with Gasteiger partial charge in [-0.15, -0.1) is 0 Å². The van der Waals surface area contributed by atoms with Gasteiger partial charge in [0.05, 0.1) is 17.3 Å². The molecule has 0 aliphatic heterocycles. The maximum Gasteiger partial charge on any atom is 0.416 e. The van der Waals surface area contributed by atoms with Gasteiger partial charge in [0.25, 0.3) is 5.91 Å². The molecule has 1 amide bonds. The zero-order valence-electron chi connectivity index (χ0n) is 13.5. The fourth-order valence-electron chi connectivity index (χ4n) is 2.75. The molecule has 130 valence electrons. The summed E-state index contributed by atoms with van der Waals surface area (Å²) in [6, 6.07) is 6.01. The summed E-state index contributed by atoms with van der Waals surface area (Å²) >= 11 is 0. The number of aromatic nitrogens is 3. The van der Waals surface area contributed by atoms with E-state index in [4.69, 9.17) is 0 Å². The molecule has 25 heavy (non-hydrogen) atoms. The lowest BCUT2D eigenvalue weighted by molar-refractivity contribution is -0.138. The topological polar surface area (TPSA) is 59.3 Å². The normalized spacial score (nSPS) is 13.0. The number of carbonyl (C=O) groups is 1. The van der Waals surface area contributed by atoms with Crippen LogP contribution >= 0.6 is 0 Å². The summed E-state index contributed by atoms with van der Waals surface area (Å²) in [4.78, 5) is 20.8. The molecule has 0 spiro atoms. The van der Waals surface area contributed by atoms with Gasteiger partial charge in [-0.3, -0.25) is 9.20 Å². The minimum atomic E-state index is -4.49. The largest absolute Gasteiger partial charge is 0.416 e. The highest BCUT2D eigenvalue weighted by Gasteiger charge is 2.34. The fraction of sp³-hybridized carbons (Fsp3) is 0.235. The maximum absolute atomic E-state index is 13.2. The van der Waals surface area contributed by atoms with Gasteiger partial charge in [-0.05, 0) is 31.5 Å². The Labute approximate surface area is 141 Å². The van der Waals surface area contributed by atoms with E-state index in [2.05, 4.69) is 15.3 Å². The first-order valence-electron chi connectivity index (χ1n) is 7.55. The van der Waals surface area contributed by atoms with Crippen LogP contribution in [0.5, 0.6) is 0 Å². The number of hydrogen-bond donors (Lipinski definition) is 1. The van der Waals surface area contributed by atoms with Gasteiger partial charge < -0.3 is 5.32 Å². The Hall–Kier alpha value is -2.90. The minimum absolute atomic E-state index is 0.00736. The Morgan fingerprint density at radius 3 is 2.68 bits per heavy atom. The standard InChI is InChI=1S/C17H15F3N4O/c1-10(12-6-3-4-7-13(12)17(18,19)20)22-15(25)14-11(2)23-16-21-8-5-9-24(14)16/h3-10H,1-2H3,(H,22,25)/t10-/m1/s1. The number of amides is 1. The van der Waals surface area contributed by atoms with Crippen LogP contribution in [0.25, 0.3) is 5.78 Å². The highest BCUT2D eigenvalue weighted by molar-refractivity contribution is 5.94. The Morgan fingerprint density at radius 2 is 1.96 bits per heavy atom. The number of imidazole rings is 1. The molecule has 2 heterocycles. The Bertz CT molecular complexity index is 933. The lowest BCUT2D eigenvalue weighted by atomic mass is 10.0. The van der Waals surface area contributed by atoms with Crippen LogP contribution in [0.4, 0.5) is 13.2 Å². The number of hydrogen-bond acceptors (Lipinski definition) is 3. The van der Waals surface area contributed by atoms with Crippen LogP contribution in [0.15, 0.2) is 42.7 Å². The Balaban J connectivity index is 1.92. The Kier molecular flexibility index (Phi) is 4.20. The van der Waals surface area contributed by atoms with Crippen molar-refractivity contribution in [3.63, 3.8) is 0 Å². The van der Waals surface area contributed by atoms with E-state index < -0.39 is 23.7 Å². The van der Waals surface area contributed by atoms with E-state index >= 15 is 0 Å². The average Bonchev–Trinajstić information content (AvgIpc) is 2.89. The molecule has 5 nitrogen and oxygen atoms in total. The van der Waals surface area contributed by atoms with E-state index in [1.807, 2.05) is 0 Å². The molecular weight excluding hydrogens is 333 g/mol. The van der Waals surface area contributed by atoms with Gasteiger partial charge in [0.15, 0.2) is 0 Å². The van der Waals surface area contributed by atoms with E-state index in [1.165, 1.54) is 29.5 Å². The first-order chi connectivity index (χ1) is 11.8. The van der Waals surface area contributed by atoms with Gasteiger partial charge in [0, 0.05) is 12.4 Å². The number of aryl methyl sites for hydroxylation is 1. The van der Waals surface area contributed by atoms with Crippen LogP contribution in [0.2, 0.25) is 0 Å². The highest BCUT2D eigenvalue weighted by atomic mass is 19.4.